The molecule has 1 amide bonds. The quantitative estimate of drug-likeness (QED) is 0.551. The largest absolute Gasteiger partial charge is 0.488 e. The molecule has 7 heteroatoms. The lowest BCUT2D eigenvalue weighted by atomic mass is 10.1. The molecule has 2 aromatic carbocycles. The van der Waals surface area contributed by atoms with Gasteiger partial charge >= 0.3 is 5.97 Å². The molecule has 0 atom stereocenters. The molecule has 0 spiro atoms. The van der Waals surface area contributed by atoms with Crippen molar-refractivity contribution in [2.45, 2.75) is 20.0 Å². The van der Waals surface area contributed by atoms with Crippen LogP contribution in [0.1, 0.15) is 34.8 Å². The van der Waals surface area contributed by atoms with E-state index in [1.54, 1.807) is 35.2 Å². The van der Waals surface area contributed by atoms with Gasteiger partial charge < -0.3 is 15.2 Å². The molecule has 1 aliphatic heterocycles. The Hall–Kier alpha value is -3.19. The SMILES string of the molecule is CCCN1C(=O)C(=Cc2ccccc2OCc2ccc(C(=O)O)cc2)NC1=S. The number of para-hydroxylation sites is 1. The lowest BCUT2D eigenvalue weighted by molar-refractivity contribution is -0.122. The van der Waals surface area contributed by atoms with E-state index in [1.165, 1.54) is 0 Å². The summed E-state index contributed by atoms with van der Waals surface area (Å²) in [5.41, 5.74) is 2.24. The van der Waals surface area contributed by atoms with Crippen molar-refractivity contribution in [3.05, 3.63) is 70.9 Å². The van der Waals surface area contributed by atoms with Gasteiger partial charge in [-0.05, 0) is 48.5 Å². The smallest absolute Gasteiger partial charge is 0.335 e. The van der Waals surface area contributed by atoms with Gasteiger partial charge in [-0.2, -0.15) is 0 Å². The number of nitrogens with zero attached hydrogens (tertiary/aromatic N) is 1. The predicted octanol–water partition coefficient (Wildman–Crippen LogP) is 3.43. The number of rotatable bonds is 7. The Labute approximate surface area is 168 Å². The van der Waals surface area contributed by atoms with Crippen molar-refractivity contribution in [3.63, 3.8) is 0 Å². The van der Waals surface area contributed by atoms with Gasteiger partial charge in [0.05, 0.1) is 5.56 Å². The Morgan fingerprint density at radius 3 is 2.61 bits per heavy atom. The van der Waals surface area contributed by atoms with Crippen molar-refractivity contribution in [1.29, 1.82) is 0 Å². The number of carbonyl (C=O) groups excluding carboxylic acids is 1. The highest BCUT2D eigenvalue weighted by molar-refractivity contribution is 7.80. The Kier molecular flexibility index (Phi) is 6.06. The Bertz CT molecular complexity index is 938. The number of carboxylic acid groups (broad SMARTS) is 1. The third-order valence-electron chi connectivity index (χ3n) is 4.22. The van der Waals surface area contributed by atoms with E-state index in [0.29, 0.717) is 23.1 Å². The standard InChI is InChI=1S/C21H20N2O4S/c1-2-11-23-19(24)17(22-21(23)28)12-16-5-3-4-6-18(16)27-13-14-7-9-15(10-8-14)20(25)26/h3-10,12H,2,11,13H2,1H3,(H,22,28)(H,25,26). The first-order valence-corrected chi connectivity index (χ1v) is 9.29. The summed E-state index contributed by atoms with van der Waals surface area (Å²) in [6.07, 6.45) is 2.55. The molecule has 2 N–H and O–H groups in total. The van der Waals surface area contributed by atoms with E-state index in [4.69, 9.17) is 22.1 Å². The van der Waals surface area contributed by atoms with Gasteiger partial charge in [0.2, 0.25) is 0 Å². The fourth-order valence-corrected chi connectivity index (χ4v) is 3.07. The minimum absolute atomic E-state index is 0.147. The first-order valence-electron chi connectivity index (χ1n) is 8.88. The molecular weight excluding hydrogens is 376 g/mol. The minimum atomic E-state index is -0.965. The van der Waals surface area contributed by atoms with E-state index >= 15 is 0 Å². The number of benzene rings is 2. The second-order valence-electron chi connectivity index (χ2n) is 6.27. The molecule has 1 saturated heterocycles. The van der Waals surface area contributed by atoms with Crippen LogP contribution in [0.5, 0.6) is 5.75 Å². The zero-order valence-corrected chi connectivity index (χ0v) is 16.2. The summed E-state index contributed by atoms with van der Waals surface area (Å²) in [5.74, 6) is -0.495. The van der Waals surface area contributed by atoms with Gasteiger partial charge in [-0.3, -0.25) is 9.69 Å². The number of ether oxygens (including phenoxy) is 1. The van der Waals surface area contributed by atoms with Crippen molar-refractivity contribution in [3.8, 4) is 5.75 Å². The fraction of sp³-hybridized carbons (Fsp3) is 0.190. The van der Waals surface area contributed by atoms with Crippen LogP contribution in [-0.4, -0.2) is 33.5 Å². The van der Waals surface area contributed by atoms with Gasteiger partial charge in [-0.1, -0.05) is 37.3 Å². The highest BCUT2D eigenvalue weighted by Gasteiger charge is 2.29. The van der Waals surface area contributed by atoms with Gasteiger partial charge in [0.25, 0.3) is 5.91 Å². The normalized spacial score (nSPS) is 15.0. The van der Waals surface area contributed by atoms with Crippen LogP contribution in [0.25, 0.3) is 6.08 Å². The lowest BCUT2D eigenvalue weighted by Gasteiger charge is -2.11. The number of nitrogens with one attached hydrogen (secondary N) is 1. The highest BCUT2D eigenvalue weighted by atomic mass is 32.1. The molecule has 0 aromatic heterocycles. The van der Waals surface area contributed by atoms with E-state index < -0.39 is 5.97 Å². The second-order valence-corrected chi connectivity index (χ2v) is 6.66. The van der Waals surface area contributed by atoms with Crippen molar-refractivity contribution in [2.75, 3.05) is 6.54 Å². The topological polar surface area (TPSA) is 78.9 Å². The van der Waals surface area contributed by atoms with Crippen molar-refractivity contribution in [1.82, 2.24) is 10.2 Å². The molecule has 0 aliphatic carbocycles. The van der Waals surface area contributed by atoms with Gasteiger partial charge in [0.15, 0.2) is 5.11 Å². The van der Waals surface area contributed by atoms with Gasteiger partial charge in [0.1, 0.15) is 18.1 Å². The molecule has 0 unspecified atom stereocenters. The first-order chi connectivity index (χ1) is 13.5. The maximum atomic E-state index is 12.5. The van der Waals surface area contributed by atoms with Gasteiger partial charge in [-0.25, -0.2) is 4.79 Å². The van der Waals surface area contributed by atoms with Crippen molar-refractivity contribution >= 4 is 35.3 Å². The molecule has 1 fully saturated rings. The average molecular weight is 396 g/mol. The molecule has 144 valence electrons. The third kappa shape index (κ3) is 4.37. The van der Waals surface area contributed by atoms with Crippen molar-refractivity contribution < 1.29 is 19.4 Å². The average Bonchev–Trinajstić information content (AvgIpc) is 2.95. The van der Waals surface area contributed by atoms with Crippen LogP contribution in [0.4, 0.5) is 0 Å². The predicted molar refractivity (Wildman–Crippen MR) is 110 cm³/mol. The van der Waals surface area contributed by atoms with E-state index in [-0.39, 0.29) is 18.1 Å². The summed E-state index contributed by atoms with van der Waals surface area (Å²) in [6, 6.07) is 13.9. The number of thiocarbonyl (C=S) groups is 1. The Morgan fingerprint density at radius 2 is 1.93 bits per heavy atom. The molecule has 0 saturated carbocycles. The summed E-state index contributed by atoms with van der Waals surface area (Å²) in [7, 11) is 0. The van der Waals surface area contributed by atoms with Crippen LogP contribution in [0.15, 0.2) is 54.2 Å². The maximum absolute atomic E-state index is 12.5. The van der Waals surface area contributed by atoms with Crippen LogP contribution >= 0.6 is 12.2 Å². The number of carbonyl (C=O) groups is 2. The second kappa shape index (κ2) is 8.67. The zero-order chi connectivity index (χ0) is 20.1. The molecule has 0 radical (unpaired) electrons. The van der Waals surface area contributed by atoms with Crippen molar-refractivity contribution in [2.24, 2.45) is 0 Å². The first kappa shape index (κ1) is 19.6. The molecule has 28 heavy (non-hydrogen) atoms. The summed E-state index contributed by atoms with van der Waals surface area (Å²) >= 11 is 5.23. The third-order valence-corrected chi connectivity index (χ3v) is 4.55. The monoisotopic (exact) mass is 396 g/mol. The zero-order valence-electron chi connectivity index (χ0n) is 15.3. The Morgan fingerprint density at radius 1 is 1.21 bits per heavy atom. The number of carboxylic acids is 1. The minimum Gasteiger partial charge on any atom is -0.488 e. The molecule has 0 bridgehead atoms. The van der Waals surface area contributed by atoms with Crippen LogP contribution in [0.3, 0.4) is 0 Å². The summed E-state index contributed by atoms with van der Waals surface area (Å²) in [5, 5.41) is 12.3. The van der Waals surface area contributed by atoms with E-state index in [0.717, 1.165) is 17.5 Å². The van der Waals surface area contributed by atoms with E-state index in [1.807, 2.05) is 31.2 Å². The molecule has 6 nitrogen and oxygen atoms in total. The Balaban J connectivity index is 1.75. The summed E-state index contributed by atoms with van der Waals surface area (Å²) < 4.78 is 5.89. The lowest BCUT2D eigenvalue weighted by Crippen LogP contribution is -2.31. The van der Waals surface area contributed by atoms with Crippen LogP contribution in [0.2, 0.25) is 0 Å². The van der Waals surface area contributed by atoms with Crippen LogP contribution in [-0.2, 0) is 11.4 Å². The number of hydrogen-bond donors (Lipinski definition) is 2. The van der Waals surface area contributed by atoms with E-state index in [9.17, 15) is 9.59 Å². The summed E-state index contributed by atoms with van der Waals surface area (Å²) in [4.78, 5) is 25.0. The molecule has 2 aromatic rings. The maximum Gasteiger partial charge on any atom is 0.335 e. The van der Waals surface area contributed by atoms with Crippen LogP contribution < -0.4 is 10.1 Å². The number of amides is 1. The van der Waals surface area contributed by atoms with Crippen LogP contribution in [0, 0.1) is 0 Å². The number of hydrogen-bond acceptors (Lipinski definition) is 4. The molecule has 3 rings (SSSR count). The van der Waals surface area contributed by atoms with Gasteiger partial charge in [-0.15, -0.1) is 0 Å². The molecular formula is C21H20N2O4S. The van der Waals surface area contributed by atoms with E-state index in [2.05, 4.69) is 5.32 Å². The highest BCUT2D eigenvalue weighted by Crippen LogP contribution is 2.24. The fourth-order valence-electron chi connectivity index (χ4n) is 2.79. The number of aromatic carboxylic acids is 1. The van der Waals surface area contributed by atoms with Gasteiger partial charge in [0, 0.05) is 12.1 Å². The molecule has 1 aliphatic rings. The summed E-state index contributed by atoms with van der Waals surface area (Å²) in [6.45, 7) is 2.85. The molecule has 1 heterocycles.